The van der Waals surface area contributed by atoms with Crippen LogP contribution in [0.5, 0.6) is 0 Å². The van der Waals surface area contributed by atoms with Crippen LogP contribution in [0.25, 0.3) is 0 Å². The molecule has 3 fully saturated rings. The average molecular weight is 152 g/mol. The summed E-state index contributed by atoms with van der Waals surface area (Å²) in [6.07, 6.45) is 7.30. The van der Waals surface area contributed by atoms with Gasteiger partial charge in [-0.2, -0.15) is 0 Å². The molecule has 0 N–H and O–H groups in total. The molecule has 0 aromatic rings. The molecule has 0 spiro atoms. The smallest absolute Gasteiger partial charge is 0.0416 e. The molecule has 3 heterocycles. The summed E-state index contributed by atoms with van der Waals surface area (Å²) in [6, 6.07) is 1.93. The Morgan fingerprint density at radius 1 is 0.727 bits per heavy atom. The van der Waals surface area contributed by atoms with Crippen molar-refractivity contribution >= 4 is 0 Å². The number of piperidine rings is 1. The highest BCUT2D eigenvalue weighted by Gasteiger charge is 2.49. The molecule has 0 saturated carbocycles. The van der Waals surface area contributed by atoms with Gasteiger partial charge >= 0.3 is 0 Å². The average Bonchev–Trinajstić information content (AvgIpc) is 2.44. The molecule has 3 saturated heterocycles. The van der Waals surface area contributed by atoms with Crippen LogP contribution in [-0.4, -0.2) is 35.2 Å². The summed E-state index contributed by atoms with van der Waals surface area (Å²) in [5.41, 5.74) is 0. The van der Waals surface area contributed by atoms with Gasteiger partial charge in [-0.05, 0) is 25.7 Å². The van der Waals surface area contributed by atoms with Crippen LogP contribution in [0.4, 0.5) is 0 Å². The van der Waals surface area contributed by atoms with Crippen molar-refractivity contribution < 1.29 is 0 Å². The zero-order chi connectivity index (χ0) is 7.26. The lowest BCUT2D eigenvalue weighted by atomic mass is 9.92. The predicted octanol–water partition coefficient (Wildman–Crippen LogP) is 1.23. The molecule has 11 heavy (non-hydrogen) atoms. The minimum atomic E-state index is 0.964. The standard InChI is InChI=1S/C9H16N2/c1-2-6-10-8(4-1)9-5-3-7-11(9)10/h8-9H,1-7H2. The van der Waals surface area contributed by atoms with Gasteiger partial charge in [0.2, 0.25) is 0 Å². The van der Waals surface area contributed by atoms with Crippen molar-refractivity contribution in [2.75, 3.05) is 13.1 Å². The largest absolute Gasteiger partial charge is 0.237 e. The third-order valence-corrected chi connectivity index (χ3v) is 3.56. The molecule has 0 radical (unpaired) electrons. The van der Waals surface area contributed by atoms with Gasteiger partial charge in [0.25, 0.3) is 0 Å². The number of rotatable bonds is 0. The van der Waals surface area contributed by atoms with E-state index in [9.17, 15) is 0 Å². The monoisotopic (exact) mass is 152 g/mol. The van der Waals surface area contributed by atoms with E-state index in [1.807, 2.05) is 0 Å². The van der Waals surface area contributed by atoms with Gasteiger partial charge in [0.1, 0.15) is 0 Å². The second kappa shape index (κ2) is 2.20. The van der Waals surface area contributed by atoms with Gasteiger partial charge in [0.15, 0.2) is 0 Å². The first-order valence-corrected chi connectivity index (χ1v) is 5.00. The lowest BCUT2D eigenvalue weighted by molar-refractivity contribution is -0.203. The van der Waals surface area contributed by atoms with E-state index in [4.69, 9.17) is 0 Å². The number of hydrogen-bond donors (Lipinski definition) is 0. The van der Waals surface area contributed by atoms with Gasteiger partial charge in [-0.15, -0.1) is 0 Å². The third kappa shape index (κ3) is 0.744. The van der Waals surface area contributed by atoms with Gasteiger partial charge < -0.3 is 0 Å². The van der Waals surface area contributed by atoms with Crippen LogP contribution in [0.2, 0.25) is 0 Å². The van der Waals surface area contributed by atoms with Crippen LogP contribution in [0.15, 0.2) is 0 Å². The third-order valence-electron chi connectivity index (χ3n) is 3.56. The maximum absolute atomic E-state index is 2.63. The summed E-state index contributed by atoms with van der Waals surface area (Å²) < 4.78 is 0. The normalized spacial score (nSPS) is 44.7. The van der Waals surface area contributed by atoms with Gasteiger partial charge in [0, 0.05) is 25.2 Å². The second-order valence-corrected chi connectivity index (χ2v) is 4.10. The van der Waals surface area contributed by atoms with Gasteiger partial charge in [-0.3, -0.25) is 0 Å². The molecule has 0 bridgehead atoms. The summed E-state index contributed by atoms with van der Waals surface area (Å²) in [7, 11) is 0. The number of hydrazine groups is 1. The Morgan fingerprint density at radius 2 is 1.36 bits per heavy atom. The van der Waals surface area contributed by atoms with Crippen molar-refractivity contribution in [3.63, 3.8) is 0 Å². The zero-order valence-electron chi connectivity index (χ0n) is 7.00. The number of hydrogen-bond acceptors (Lipinski definition) is 2. The van der Waals surface area contributed by atoms with Crippen LogP contribution in [-0.2, 0) is 0 Å². The highest BCUT2D eigenvalue weighted by Crippen LogP contribution is 2.39. The van der Waals surface area contributed by atoms with E-state index in [2.05, 4.69) is 10.0 Å². The highest BCUT2D eigenvalue weighted by atomic mass is 15.7. The molecular formula is C9H16N2. The number of fused-ring (bicyclic) bond motifs is 4. The first-order chi connectivity index (χ1) is 5.47. The fraction of sp³-hybridized carbons (Fsp3) is 1.00. The van der Waals surface area contributed by atoms with Crippen molar-refractivity contribution in [3.8, 4) is 0 Å². The Hall–Kier alpha value is -0.0800. The van der Waals surface area contributed by atoms with Crippen molar-refractivity contribution in [2.24, 2.45) is 0 Å². The van der Waals surface area contributed by atoms with Gasteiger partial charge in [-0.1, -0.05) is 6.42 Å². The lowest BCUT2D eigenvalue weighted by Gasteiger charge is -2.57. The molecule has 3 aliphatic rings. The quantitative estimate of drug-likeness (QED) is 0.515. The highest BCUT2D eigenvalue weighted by molar-refractivity contribution is 4.99. The van der Waals surface area contributed by atoms with E-state index in [1.165, 1.54) is 45.2 Å². The Morgan fingerprint density at radius 3 is 2.18 bits per heavy atom. The summed E-state index contributed by atoms with van der Waals surface area (Å²) in [4.78, 5) is 0. The van der Waals surface area contributed by atoms with E-state index >= 15 is 0 Å². The summed E-state index contributed by atoms with van der Waals surface area (Å²) in [6.45, 7) is 2.70. The molecule has 2 nitrogen and oxygen atoms in total. The van der Waals surface area contributed by atoms with E-state index < -0.39 is 0 Å². The molecule has 2 heteroatoms. The molecule has 3 rings (SSSR count). The SMILES string of the molecule is C1CCN2C(C1)C1CCCN12. The maximum Gasteiger partial charge on any atom is 0.0416 e. The minimum absolute atomic E-state index is 0.964. The number of nitrogens with zero attached hydrogens (tertiary/aromatic N) is 2. The molecule has 3 aliphatic heterocycles. The Balaban J connectivity index is 1.77. The molecule has 0 amide bonds. The van der Waals surface area contributed by atoms with Gasteiger partial charge in [0.05, 0.1) is 0 Å². The molecular weight excluding hydrogens is 136 g/mol. The fourth-order valence-electron chi connectivity index (χ4n) is 3.07. The minimum Gasteiger partial charge on any atom is -0.237 e. The molecule has 2 atom stereocenters. The molecule has 0 aromatic carbocycles. The molecule has 0 aliphatic carbocycles. The summed E-state index contributed by atoms with van der Waals surface area (Å²) in [5.74, 6) is 0. The predicted molar refractivity (Wildman–Crippen MR) is 44.1 cm³/mol. The van der Waals surface area contributed by atoms with Crippen LogP contribution in [0.3, 0.4) is 0 Å². The Labute approximate surface area is 68.1 Å². The van der Waals surface area contributed by atoms with Crippen LogP contribution in [0.1, 0.15) is 32.1 Å². The van der Waals surface area contributed by atoms with Crippen molar-refractivity contribution in [1.82, 2.24) is 10.0 Å². The topological polar surface area (TPSA) is 6.48 Å². The zero-order valence-corrected chi connectivity index (χ0v) is 7.00. The van der Waals surface area contributed by atoms with E-state index in [-0.39, 0.29) is 0 Å². The van der Waals surface area contributed by atoms with Crippen LogP contribution < -0.4 is 0 Å². The fourth-order valence-corrected chi connectivity index (χ4v) is 3.07. The Bertz CT molecular complexity index is 151. The maximum atomic E-state index is 2.63. The van der Waals surface area contributed by atoms with Crippen LogP contribution in [0, 0.1) is 0 Å². The van der Waals surface area contributed by atoms with Crippen LogP contribution >= 0.6 is 0 Å². The van der Waals surface area contributed by atoms with Gasteiger partial charge in [-0.25, -0.2) is 10.0 Å². The van der Waals surface area contributed by atoms with E-state index in [1.54, 1.807) is 0 Å². The summed E-state index contributed by atoms with van der Waals surface area (Å²) >= 11 is 0. The molecule has 2 unspecified atom stereocenters. The van der Waals surface area contributed by atoms with Crippen molar-refractivity contribution in [3.05, 3.63) is 0 Å². The van der Waals surface area contributed by atoms with E-state index in [0.717, 1.165) is 12.1 Å². The van der Waals surface area contributed by atoms with E-state index in [0.29, 0.717) is 0 Å². The first kappa shape index (κ1) is 6.44. The second-order valence-electron chi connectivity index (χ2n) is 4.10. The molecule has 62 valence electrons. The molecule has 0 aromatic heterocycles. The van der Waals surface area contributed by atoms with Crippen molar-refractivity contribution in [2.45, 2.75) is 44.2 Å². The Kier molecular flexibility index (Phi) is 1.29. The first-order valence-electron chi connectivity index (χ1n) is 5.00. The summed E-state index contributed by atoms with van der Waals surface area (Å²) in [5, 5.41) is 5.24. The lowest BCUT2D eigenvalue weighted by Crippen LogP contribution is -2.69. The van der Waals surface area contributed by atoms with Crippen molar-refractivity contribution in [1.29, 1.82) is 0 Å².